The lowest BCUT2D eigenvalue weighted by molar-refractivity contribution is -0.128. The molecule has 90 valence electrons. The Labute approximate surface area is 94.1 Å². The second kappa shape index (κ2) is 3.44. The average Bonchev–Trinajstić information content (AvgIpc) is 2.61. The summed E-state index contributed by atoms with van der Waals surface area (Å²) in [6.45, 7) is 1.66. The summed E-state index contributed by atoms with van der Waals surface area (Å²) in [4.78, 5) is 25.8. The molecule has 2 atom stereocenters. The maximum absolute atomic E-state index is 11.8. The van der Waals surface area contributed by atoms with Gasteiger partial charge in [0, 0.05) is 13.5 Å². The lowest BCUT2D eigenvalue weighted by Crippen LogP contribution is -2.41. The molecule has 0 unspecified atom stereocenters. The van der Waals surface area contributed by atoms with E-state index < -0.39 is 15.9 Å². The van der Waals surface area contributed by atoms with Crippen molar-refractivity contribution in [2.45, 2.75) is 25.4 Å². The number of fused-ring (bicyclic) bond motifs is 1. The molecule has 3 amide bonds. The smallest absolute Gasteiger partial charge is 0.321 e. The lowest BCUT2D eigenvalue weighted by atomic mass is 10.1. The van der Waals surface area contributed by atoms with Gasteiger partial charge in [-0.2, -0.15) is 0 Å². The molecule has 0 aromatic rings. The van der Waals surface area contributed by atoms with Crippen LogP contribution in [0.2, 0.25) is 0 Å². The van der Waals surface area contributed by atoms with Crippen LogP contribution >= 0.6 is 0 Å². The van der Waals surface area contributed by atoms with Crippen LogP contribution in [0.5, 0.6) is 0 Å². The van der Waals surface area contributed by atoms with E-state index in [4.69, 9.17) is 0 Å². The third-order valence-electron chi connectivity index (χ3n) is 3.20. The number of amides is 3. The van der Waals surface area contributed by atoms with Gasteiger partial charge in [-0.25, -0.2) is 13.2 Å². The number of urea groups is 1. The monoisotopic (exact) mass is 246 g/mol. The van der Waals surface area contributed by atoms with E-state index in [1.165, 1.54) is 4.90 Å². The van der Waals surface area contributed by atoms with Crippen molar-refractivity contribution in [1.29, 1.82) is 0 Å². The topological polar surface area (TPSA) is 74.8 Å². The van der Waals surface area contributed by atoms with Crippen LogP contribution in [0.25, 0.3) is 0 Å². The summed E-state index contributed by atoms with van der Waals surface area (Å²) in [5, 5.41) is 0. The van der Waals surface area contributed by atoms with Crippen LogP contribution in [0.1, 0.15) is 13.3 Å². The van der Waals surface area contributed by atoms with Gasteiger partial charge < -0.3 is 4.90 Å². The van der Waals surface area contributed by atoms with E-state index in [1.54, 1.807) is 14.0 Å². The normalized spacial score (nSPS) is 32.0. The summed E-state index contributed by atoms with van der Waals surface area (Å²) in [5.41, 5.74) is 0. The van der Waals surface area contributed by atoms with Gasteiger partial charge in [0.2, 0.25) is 5.91 Å². The number of carbonyl (C=O) groups is 2. The highest BCUT2D eigenvalue weighted by Crippen LogP contribution is 2.30. The Bertz CT molecular complexity index is 444. The third kappa shape index (κ3) is 1.50. The zero-order valence-electron chi connectivity index (χ0n) is 9.21. The minimum atomic E-state index is -3.12. The van der Waals surface area contributed by atoms with Crippen LogP contribution in [0.3, 0.4) is 0 Å². The van der Waals surface area contributed by atoms with Crippen molar-refractivity contribution >= 4 is 21.8 Å². The average molecular weight is 246 g/mol. The Kier molecular flexibility index (Phi) is 2.45. The molecule has 0 N–H and O–H groups in total. The fourth-order valence-corrected chi connectivity index (χ4v) is 4.34. The lowest BCUT2D eigenvalue weighted by Gasteiger charge is -2.18. The fraction of sp³-hybridized carbons (Fsp3) is 0.778. The molecule has 2 aliphatic heterocycles. The highest BCUT2D eigenvalue weighted by molar-refractivity contribution is 7.91. The van der Waals surface area contributed by atoms with Gasteiger partial charge in [-0.1, -0.05) is 6.92 Å². The van der Waals surface area contributed by atoms with Crippen LogP contribution in [0, 0.1) is 0 Å². The first-order chi connectivity index (χ1) is 7.37. The standard InChI is InChI=1S/C9H14N2O4S/c1-3-8(12)11-7-5-16(14,15)4-6(7)10(2)9(11)13/h6-7H,3-5H2,1-2H3/t6-,7-/m0/s1. The summed E-state index contributed by atoms with van der Waals surface area (Å²) in [7, 11) is -1.58. The maximum atomic E-state index is 11.8. The van der Waals surface area contributed by atoms with Gasteiger partial charge in [0.05, 0.1) is 23.6 Å². The molecular weight excluding hydrogens is 232 g/mol. The number of hydrogen-bond donors (Lipinski definition) is 0. The van der Waals surface area contributed by atoms with Gasteiger partial charge in [0.1, 0.15) is 0 Å². The van der Waals surface area contributed by atoms with Crippen molar-refractivity contribution in [2.75, 3.05) is 18.6 Å². The van der Waals surface area contributed by atoms with Crippen LogP contribution < -0.4 is 0 Å². The maximum Gasteiger partial charge on any atom is 0.327 e. The van der Waals surface area contributed by atoms with E-state index in [1.807, 2.05) is 0 Å². The summed E-state index contributed by atoms with van der Waals surface area (Å²) in [5.74, 6) is -0.436. The number of sulfone groups is 1. The van der Waals surface area contributed by atoms with E-state index >= 15 is 0 Å². The van der Waals surface area contributed by atoms with E-state index in [0.29, 0.717) is 0 Å². The first kappa shape index (κ1) is 11.4. The molecule has 0 saturated carbocycles. The molecular formula is C9H14N2O4S. The summed E-state index contributed by atoms with van der Waals surface area (Å²) >= 11 is 0. The zero-order chi connectivity index (χ0) is 12.1. The minimum Gasteiger partial charge on any atom is -0.321 e. The molecule has 0 aromatic carbocycles. The largest absolute Gasteiger partial charge is 0.327 e. The Morgan fingerprint density at radius 2 is 1.94 bits per heavy atom. The number of carbonyl (C=O) groups excluding carboxylic acids is 2. The molecule has 2 heterocycles. The molecule has 0 aromatic heterocycles. The molecule has 0 spiro atoms. The first-order valence-corrected chi connectivity index (χ1v) is 6.99. The predicted octanol–water partition coefficient (Wildman–Crippen LogP) is -0.544. The molecule has 2 fully saturated rings. The molecule has 0 aliphatic carbocycles. The summed E-state index contributed by atoms with van der Waals surface area (Å²) in [6, 6.07) is -1.24. The van der Waals surface area contributed by atoms with Crippen molar-refractivity contribution in [2.24, 2.45) is 0 Å². The van der Waals surface area contributed by atoms with Crippen LogP contribution in [0.4, 0.5) is 4.79 Å². The molecule has 2 aliphatic rings. The Morgan fingerprint density at radius 1 is 1.38 bits per heavy atom. The van der Waals surface area contributed by atoms with Gasteiger partial charge in [-0.3, -0.25) is 9.69 Å². The summed E-state index contributed by atoms with van der Waals surface area (Å²) < 4.78 is 23.0. The van der Waals surface area contributed by atoms with Crippen molar-refractivity contribution in [3.63, 3.8) is 0 Å². The zero-order valence-corrected chi connectivity index (χ0v) is 10.0. The number of rotatable bonds is 1. The number of imide groups is 1. The van der Waals surface area contributed by atoms with E-state index in [0.717, 1.165) is 4.90 Å². The van der Waals surface area contributed by atoms with Crippen LogP contribution in [-0.4, -0.2) is 60.8 Å². The molecule has 7 heteroatoms. The Balaban J connectivity index is 2.34. The third-order valence-corrected chi connectivity index (χ3v) is 4.90. The van der Waals surface area contributed by atoms with E-state index in [9.17, 15) is 18.0 Å². The second-order valence-electron chi connectivity index (χ2n) is 4.22. The van der Waals surface area contributed by atoms with Gasteiger partial charge in [0.25, 0.3) is 0 Å². The van der Waals surface area contributed by atoms with E-state index in [2.05, 4.69) is 0 Å². The van der Waals surface area contributed by atoms with Gasteiger partial charge in [-0.05, 0) is 0 Å². The molecule has 2 rings (SSSR count). The fourth-order valence-electron chi connectivity index (χ4n) is 2.34. The molecule has 16 heavy (non-hydrogen) atoms. The van der Waals surface area contributed by atoms with Gasteiger partial charge >= 0.3 is 6.03 Å². The highest BCUT2D eigenvalue weighted by Gasteiger charge is 2.53. The number of hydrogen-bond acceptors (Lipinski definition) is 4. The van der Waals surface area contributed by atoms with Crippen molar-refractivity contribution < 1.29 is 18.0 Å². The summed E-state index contributed by atoms with van der Waals surface area (Å²) in [6.07, 6.45) is 0.211. The number of nitrogens with zero attached hydrogens (tertiary/aromatic N) is 2. The molecule has 2 saturated heterocycles. The van der Waals surface area contributed by atoms with Crippen molar-refractivity contribution in [1.82, 2.24) is 9.80 Å². The van der Waals surface area contributed by atoms with Gasteiger partial charge in [-0.15, -0.1) is 0 Å². The molecule has 6 nitrogen and oxygen atoms in total. The molecule has 0 radical (unpaired) electrons. The van der Waals surface area contributed by atoms with Crippen LogP contribution in [0.15, 0.2) is 0 Å². The minimum absolute atomic E-state index is 0.0343. The first-order valence-electron chi connectivity index (χ1n) is 5.16. The Hall–Kier alpha value is -1.11. The number of likely N-dealkylation sites (N-methyl/N-ethyl adjacent to an activating group) is 1. The Morgan fingerprint density at radius 3 is 2.50 bits per heavy atom. The SMILES string of the molecule is CCC(=O)N1C(=O)N(C)[C@H]2CS(=O)(=O)C[C@@H]21. The highest BCUT2D eigenvalue weighted by atomic mass is 32.2. The van der Waals surface area contributed by atoms with Gasteiger partial charge in [0.15, 0.2) is 9.84 Å². The quantitative estimate of drug-likeness (QED) is 0.582. The predicted molar refractivity (Wildman–Crippen MR) is 56.5 cm³/mol. The molecule has 0 bridgehead atoms. The van der Waals surface area contributed by atoms with Crippen LogP contribution in [-0.2, 0) is 14.6 Å². The van der Waals surface area contributed by atoms with Crippen molar-refractivity contribution in [3.8, 4) is 0 Å². The van der Waals surface area contributed by atoms with Crippen molar-refractivity contribution in [3.05, 3.63) is 0 Å². The van der Waals surface area contributed by atoms with E-state index in [-0.39, 0.29) is 35.9 Å². The second-order valence-corrected chi connectivity index (χ2v) is 6.38.